The number of phenols is 1. The second kappa shape index (κ2) is 4.63. The Morgan fingerprint density at radius 3 is 2.58 bits per heavy atom. The van der Waals surface area contributed by atoms with E-state index in [2.05, 4.69) is 11.4 Å². The number of thiophene rings is 1. The standard InChI is InChI=1S/C15H10N2OS/c16-9-11-10-5-1-4-8-14(10)19-15(11)17-12-6-2-3-7-13(12)18/h1-8,17-18H. The van der Waals surface area contributed by atoms with Gasteiger partial charge in [0.15, 0.2) is 0 Å². The van der Waals surface area contributed by atoms with Crippen LogP contribution in [0.25, 0.3) is 10.1 Å². The summed E-state index contributed by atoms with van der Waals surface area (Å²) in [5.74, 6) is 0.170. The molecule has 0 bridgehead atoms. The Bertz CT molecular complexity index is 786. The maximum atomic E-state index is 9.77. The largest absolute Gasteiger partial charge is 0.506 e. The molecule has 3 nitrogen and oxygen atoms in total. The van der Waals surface area contributed by atoms with E-state index < -0.39 is 0 Å². The third kappa shape index (κ3) is 2.01. The minimum Gasteiger partial charge on any atom is -0.506 e. The highest BCUT2D eigenvalue weighted by molar-refractivity contribution is 7.23. The van der Waals surface area contributed by atoms with E-state index in [1.165, 1.54) is 11.3 Å². The summed E-state index contributed by atoms with van der Waals surface area (Å²) in [6.07, 6.45) is 0. The Labute approximate surface area is 114 Å². The summed E-state index contributed by atoms with van der Waals surface area (Å²) in [5.41, 5.74) is 1.22. The van der Waals surface area contributed by atoms with Crippen LogP contribution in [0.3, 0.4) is 0 Å². The third-order valence-corrected chi connectivity index (χ3v) is 3.95. The Kier molecular flexibility index (Phi) is 2.82. The number of nitriles is 1. The molecule has 19 heavy (non-hydrogen) atoms. The summed E-state index contributed by atoms with van der Waals surface area (Å²) in [6, 6.07) is 17.0. The van der Waals surface area contributed by atoms with Crippen LogP contribution in [-0.4, -0.2) is 5.11 Å². The predicted molar refractivity (Wildman–Crippen MR) is 77.9 cm³/mol. The van der Waals surface area contributed by atoms with Crippen LogP contribution in [-0.2, 0) is 0 Å². The van der Waals surface area contributed by atoms with Crippen molar-refractivity contribution in [1.29, 1.82) is 5.26 Å². The first-order valence-electron chi connectivity index (χ1n) is 5.76. The van der Waals surface area contributed by atoms with Gasteiger partial charge in [-0.1, -0.05) is 30.3 Å². The number of benzene rings is 2. The van der Waals surface area contributed by atoms with Crippen LogP contribution in [0, 0.1) is 11.3 Å². The molecule has 0 aliphatic heterocycles. The lowest BCUT2D eigenvalue weighted by Crippen LogP contribution is -1.89. The van der Waals surface area contributed by atoms with Gasteiger partial charge in [0.2, 0.25) is 0 Å². The number of hydrogen-bond donors (Lipinski definition) is 2. The topological polar surface area (TPSA) is 56.0 Å². The fourth-order valence-corrected chi connectivity index (χ4v) is 3.01. The van der Waals surface area contributed by atoms with Crippen LogP contribution < -0.4 is 5.32 Å². The first-order chi connectivity index (χ1) is 9.29. The number of nitrogens with one attached hydrogen (secondary N) is 1. The van der Waals surface area contributed by atoms with Crippen molar-refractivity contribution >= 4 is 32.1 Å². The van der Waals surface area contributed by atoms with E-state index >= 15 is 0 Å². The van der Waals surface area contributed by atoms with Gasteiger partial charge in [0.25, 0.3) is 0 Å². The number of anilines is 2. The second-order valence-corrected chi connectivity index (χ2v) is 5.11. The van der Waals surface area contributed by atoms with E-state index in [9.17, 15) is 10.4 Å². The van der Waals surface area contributed by atoms with Gasteiger partial charge in [-0.2, -0.15) is 5.26 Å². The molecule has 92 valence electrons. The van der Waals surface area contributed by atoms with Crippen LogP contribution in [0.5, 0.6) is 5.75 Å². The van der Waals surface area contributed by atoms with Crippen molar-refractivity contribution < 1.29 is 5.11 Å². The van der Waals surface area contributed by atoms with Gasteiger partial charge in [0, 0.05) is 10.1 Å². The third-order valence-electron chi connectivity index (χ3n) is 2.86. The minimum atomic E-state index is 0.170. The van der Waals surface area contributed by atoms with Crippen molar-refractivity contribution in [3.05, 3.63) is 54.1 Å². The van der Waals surface area contributed by atoms with Gasteiger partial charge in [0.1, 0.15) is 16.8 Å². The van der Waals surface area contributed by atoms with E-state index in [4.69, 9.17) is 0 Å². The summed E-state index contributed by atoms with van der Waals surface area (Å²) >= 11 is 1.51. The van der Waals surface area contributed by atoms with Gasteiger partial charge >= 0.3 is 0 Å². The molecule has 0 radical (unpaired) electrons. The lowest BCUT2D eigenvalue weighted by molar-refractivity contribution is 0.478. The van der Waals surface area contributed by atoms with Gasteiger partial charge in [-0.05, 0) is 18.2 Å². The Morgan fingerprint density at radius 2 is 1.79 bits per heavy atom. The fraction of sp³-hybridized carbons (Fsp3) is 0. The summed E-state index contributed by atoms with van der Waals surface area (Å²) in [5, 5.41) is 23.9. The van der Waals surface area contributed by atoms with Crippen LogP contribution in [0.4, 0.5) is 10.7 Å². The molecule has 0 fully saturated rings. The smallest absolute Gasteiger partial charge is 0.139 e. The van der Waals surface area contributed by atoms with Gasteiger partial charge in [-0.15, -0.1) is 11.3 Å². The van der Waals surface area contributed by atoms with E-state index in [0.717, 1.165) is 15.1 Å². The molecule has 0 aliphatic rings. The molecule has 1 aromatic heterocycles. The maximum Gasteiger partial charge on any atom is 0.139 e. The molecule has 4 heteroatoms. The van der Waals surface area contributed by atoms with E-state index in [1.54, 1.807) is 18.2 Å². The predicted octanol–water partition coefficient (Wildman–Crippen LogP) is 4.22. The highest BCUT2D eigenvalue weighted by Gasteiger charge is 2.12. The molecule has 0 saturated carbocycles. The maximum absolute atomic E-state index is 9.77. The average Bonchev–Trinajstić information content (AvgIpc) is 2.78. The number of fused-ring (bicyclic) bond motifs is 1. The molecule has 0 aliphatic carbocycles. The number of hydrogen-bond acceptors (Lipinski definition) is 4. The van der Waals surface area contributed by atoms with Gasteiger partial charge in [-0.3, -0.25) is 0 Å². The second-order valence-electron chi connectivity index (χ2n) is 4.06. The average molecular weight is 266 g/mol. The van der Waals surface area contributed by atoms with Crippen molar-refractivity contribution in [2.75, 3.05) is 5.32 Å². The van der Waals surface area contributed by atoms with Crippen LogP contribution >= 0.6 is 11.3 Å². The number of aromatic hydroxyl groups is 1. The van der Waals surface area contributed by atoms with E-state index in [0.29, 0.717) is 11.3 Å². The molecule has 0 saturated heterocycles. The molecule has 0 spiro atoms. The monoisotopic (exact) mass is 266 g/mol. The fourth-order valence-electron chi connectivity index (χ4n) is 1.95. The van der Waals surface area contributed by atoms with Gasteiger partial charge in [-0.25, -0.2) is 0 Å². The Balaban J connectivity index is 2.11. The molecular weight excluding hydrogens is 256 g/mol. The number of phenolic OH excluding ortho intramolecular Hbond substituents is 1. The van der Waals surface area contributed by atoms with Crippen LogP contribution in [0.2, 0.25) is 0 Å². The zero-order chi connectivity index (χ0) is 13.2. The summed E-state index contributed by atoms with van der Waals surface area (Å²) in [6.45, 7) is 0. The Hall–Kier alpha value is -2.51. The molecular formula is C15H10N2OS. The summed E-state index contributed by atoms with van der Waals surface area (Å²) in [4.78, 5) is 0. The highest BCUT2D eigenvalue weighted by Crippen LogP contribution is 2.38. The molecule has 2 aromatic carbocycles. The van der Waals surface area contributed by atoms with Crippen molar-refractivity contribution in [1.82, 2.24) is 0 Å². The first-order valence-corrected chi connectivity index (χ1v) is 6.58. The number of para-hydroxylation sites is 2. The van der Waals surface area contributed by atoms with Gasteiger partial charge in [0.05, 0.1) is 11.3 Å². The molecule has 3 aromatic rings. The van der Waals surface area contributed by atoms with E-state index in [-0.39, 0.29) is 5.75 Å². The molecule has 1 heterocycles. The molecule has 0 amide bonds. The van der Waals surface area contributed by atoms with Crippen molar-refractivity contribution in [3.63, 3.8) is 0 Å². The van der Waals surface area contributed by atoms with Crippen LogP contribution in [0.15, 0.2) is 48.5 Å². The zero-order valence-corrected chi connectivity index (χ0v) is 10.7. The Morgan fingerprint density at radius 1 is 1.05 bits per heavy atom. The van der Waals surface area contributed by atoms with Crippen molar-refractivity contribution in [3.8, 4) is 11.8 Å². The highest BCUT2D eigenvalue weighted by atomic mass is 32.1. The van der Waals surface area contributed by atoms with Gasteiger partial charge < -0.3 is 10.4 Å². The van der Waals surface area contributed by atoms with Crippen molar-refractivity contribution in [2.45, 2.75) is 0 Å². The molecule has 2 N–H and O–H groups in total. The lowest BCUT2D eigenvalue weighted by atomic mass is 10.2. The molecule has 0 unspecified atom stereocenters. The summed E-state index contributed by atoms with van der Waals surface area (Å²) < 4.78 is 1.05. The molecule has 0 atom stereocenters. The number of nitrogens with zero attached hydrogens (tertiary/aromatic N) is 1. The quantitative estimate of drug-likeness (QED) is 0.683. The lowest BCUT2D eigenvalue weighted by Gasteiger charge is -2.05. The van der Waals surface area contributed by atoms with Crippen LogP contribution in [0.1, 0.15) is 5.56 Å². The first kappa shape index (κ1) is 11.6. The van der Waals surface area contributed by atoms with E-state index in [1.807, 2.05) is 30.3 Å². The molecule has 3 rings (SSSR count). The number of rotatable bonds is 2. The van der Waals surface area contributed by atoms with Crippen molar-refractivity contribution in [2.24, 2.45) is 0 Å². The SMILES string of the molecule is N#Cc1c(Nc2ccccc2O)sc2ccccc12. The normalized spacial score (nSPS) is 10.3. The minimum absolute atomic E-state index is 0.170. The zero-order valence-electron chi connectivity index (χ0n) is 9.92. The summed E-state index contributed by atoms with van der Waals surface area (Å²) in [7, 11) is 0.